The molecule has 1 rings (SSSR count). The molecule has 0 heterocycles. The summed E-state index contributed by atoms with van der Waals surface area (Å²) in [5.74, 6) is 0.0383. The fourth-order valence-corrected chi connectivity index (χ4v) is 1.93. The van der Waals surface area contributed by atoms with Crippen molar-refractivity contribution in [3.63, 3.8) is 0 Å². The summed E-state index contributed by atoms with van der Waals surface area (Å²) >= 11 is 12.1. The summed E-state index contributed by atoms with van der Waals surface area (Å²) in [7, 11) is 1.76. The molecule has 106 valence electrons. The van der Waals surface area contributed by atoms with Crippen molar-refractivity contribution in [3.8, 4) is 0 Å². The number of carbonyl (C=O) groups is 1. The molecule has 1 N–H and O–H groups in total. The molecule has 3 nitrogen and oxygen atoms in total. The van der Waals surface area contributed by atoms with Gasteiger partial charge in [0.1, 0.15) is 0 Å². The van der Waals surface area contributed by atoms with Gasteiger partial charge in [0.15, 0.2) is 0 Å². The van der Waals surface area contributed by atoms with Crippen LogP contribution in [-0.4, -0.2) is 30.4 Å². The molecule has 0 bridgehead atoms. The molecule has 0 saturated carbocycles. The minimum atomic E-state index is 0.0383. The van der Waals surface area contributed by atoms with Crippen molar-refractivity contribution in [2.24, 2.45) is 0 Å². The minimum Gasteiger partial charge on any atom is -0.340 e. The highest BCUT2D eigenvalue weighted by Gasteiger charge is 2.12. The van der Waals surface area contributed by atoms with Crippen LogP contribution >= 0.6 is 23.2 Å². The van der Waals surface area contributed by atoms with E-state index in [1.54, 1.807) is 18.0 Å². The van der Waals surface area contributed by atoms with Crippen LogP contribution in [0.4, 0.5) is 0 Å². The van der Waals surface area contributed by atoms with Crippen molar-refractivity contribution in [3.05, 3.63) is 33.8 Å². The number of rotatable bonds is 6. The van der Waals surface area contributed by atoms with E-state index in [0.717, 1.165) is 12.0 Å². The molecule has 1 aromatic carbocycles. The molecule has 0 aromatic heterocycles. The second-order valence-electron chi connectivity index (χ2n) is 4.65. The Kier molecular flexibility index (Phi) is 6.63. The maximum absolute atomic E-state index is 12.0. The Morgan fingerprint density at radius 1 is 1.42 bits per heavy atom. The van der Waals surface area contributed by atoms with E-state index < -0.39 is 0 Å². The molecule has 0 aliphatic rings. The highest BCUT2D eigenvalue weighted by molar-refractivity contribution is 6.42. The standard InChI is InChI=1S/C14H20Cl2N2O/c1-4-10(2)17-8-13(19)18(3)9-11-6-5-7-12(15)14(11)16/h5-7,10,17H,4,8-9H2,1-3H3. The average Bonchev–Trinajstić information content (AvgIpc) is 2.40. The topological polar surface area (TPSA) is 32.3 Å². The van der Waals surface area contributed by atoms with Gasteiger partial charge in [-0.1, -0.05) is 42.3 Å². The molecule has 1 atom stereocenters. The molecule has 1 amide bonds. The number of hydrogen-bond acceptors (Lipinski definition) is 2. The molecule has 0 fully saturated rings. The smallest absolute Gasteiger partial charge is 0.236 e. The number of carbonyl (C=O) groups excluding carboxylic acids is 1. The van der Waals surface area contributed by atoms with Crippen molar-refractivity contribution in [2.45, 2.75) is 32.9 Å². The number of nitrogens with zero attached hydrogens (tertiary/aromatic N) is 1. The Morgan fingerprint density at radius 2 is 2.11 bits per heavy atom. The van der Waals surface area contributed by atoms with Crippen molar-refractivity contribution in [2.75, 3.05) is 13.6 Å². The van der Waals surface area contributed by atoms with Gasteiger partial charge in [-0.15, -0.1) is 0 Å². The summed E-state index contributed by atoms with van der Waals surface area (Å²) in [5.41, 5.74) is 0.855. The van der Waals surface area contributed by atoms with E-state index in [2.05, 4.69) is 19.2 Å². The number of nitrogens with one attached hydrogen (secondary N) is 1. The van der Waals surface area contributed by atoms with Crippen molar-refractivity contribution >= 4 is 29.1 Å². The monoisotopic (exact) mass is 302 g/mol. The van der Waals surface area contributed by atoms with E-state index in [-0.39, 0.29) is 5.91 Å². The Bertz CT molecular complexity index is 437. The van der Waals surface area contributed by atoms with Gasteiger partial charge in [0, 0.05) is 19.6 Å². The summed E-state index contributed by atoms with van der Waals surface area (Å²) < 4.78 is 0. The van der Waals surface area contributed by atoms with Gasteiger partial charge in [-0.3, -0.25) is 4.79 Å². The summed E-state index contributed by atoms with van der Waals surface area (Å²) in [5, 5.41) is 4.20. The van der Waals surface area contributed by atoms with Crippen LogP contribution in [0, 0.1) is 0 Å². The minimum absolute atomic E-state index is 0.0383. The third-order valence-electron chi connectivity index (χ3n) is 3.08. The van der Waals surface area contributed by atoms with E-state index in [4.69, 9.17) is 23.2 Å². The van der Waals surface area contributed by atoms with Crippen LogP contribution in [0.5, 0.6) is 0 Å². The van der Waals surface area contributed by atoms with Crippen LogP contribution in [0.1, 0.15) is 25.8 Å². The van der Waals surface area contributed by atoms with Gasteiger partial charge in [0.2, 0.25) is 5.91 Å². The molecule has 5 heteroatoms. The van der Waals surface area contributed by atoms with E-state index in [0.29, 0.717) is 29.2 Å². The van der Waals surface area contributed by atoms with Crippen molar-refractivity contribution < 1.29 is 4.79 Å². The molecule has 19 heavy (non-hydrogen) atoms. The highest BCUT2D eigenvalue weighted by atomic mass is 35.5. The van der Waals surface area contributed by atoms with Crippen molar-refractivity contribution in [1.82, 2.24) is 10.2 Å². The SMILES string of the molecule is CCC(C)NCC(=O)N(C)Cc1cccc(Cl)c1Cl. The second kappa shape index (κ2) is 7.73. The predicted octanol–water partition coefficient (Wildman–Crippen LogP) is 3.34. The van der Waals surface area contributed by atoms with E-state index in [9.17, 15) is 4.79 Å². The average molecular weight is 303 g/mol. The van der Waals surface area contributed by atoms with E-state index >= 15 is 0 Å². The lowest BCUT2D eigenvalue weighted by atomic mass is 10.2. The predicted molar refractivity (Wildman–Crippen MR) is 80.7 cm³/mol. The normalized spacial score (nSPS) is 12.3. The molecule has 0 aliphatic heterocycles. The largest absolute Gasteiger partial charge is 0.340 e. The van der Waals surface area contributed by atoms with Gasteiger partial charge >= 0.3 is 0 Å². The van der Waals surface area contributed by atoms with Gasteiger partial charge < -0.3 is 10.2 Å². The fourth-order valence-electron chi connectivity index (χ4n) is 1.56. The zero-order chi connectivity index (χ0) is 14.4. The van der Waals surface area contributed by atoms with Crippen LogP contribution in [0.3, 0.4) is 0 Å². The van der Waals surface area contributed by atoms with E-state index in [1.807, 2.05) is 12.1 Å². The molecule has 0 spiro atoms. The first-order valence-corrected chi connectivity index (χ1v) is 7.11. The lowest BCUT2D eigenvalue weighted by Crippen LogP contribution is -2.38. The van der Waals surface area contributed by atoms with Crippen LogP contribution in [0.15, 0.2) is 18.2 Å². The molecule has 0 saturated heterocycles. The lowest BCUT2D eigenvalue weighted by Gasteiger charge is -2.20. The van der Waals surface area contributed by atoms with Gasteiger partial charge in [-0.25, -0.2) is 0 Å². The summed E-state index contributed by atoms with van der Waals surface area (Å²) in [6.07, 6.45) is 0.997. The summed E-state index contributed by atoms with van der Waals surface area (Å²) in [6.45, 7) is 4.93. The van der Waals surface area contributed by atoms with Crippen LogP contribution < -0.4 is 5.32 Å². The molecular weight excluding hydrogens is 283 g/mol. The number of hydrogen-bond donors (Lipinski definition) is 1. The molecule has 0 radical (unpaired) electrons. The number of halogens is 2. The maximum Gasteiger partial charge on any atom is 0.236 e. The maximum atomic E-state index is 12.0. The van der Waals surface area contributed by atoms with E-state index in [1.165, 1.54) is 0 Å². The Balaban J connectivity index is 2.56. The fraction of sp³-hybridized carbons (Fsp3) is 0.500. The Morgan fingerprint density at radius 3 is 2.74 bits per heavy atom. The first-order chi connectivity index (χ1) is 8.95. The van der Waals surface area contributed by atoms with Crippen LogP contribution in [0.2, 0.25) is 10.0 Å². The first kappa shape index (κ1) is 16.3. The van der Waals surface area contributed by atoms with Crippen LogP contribution in [0.25, 0.3) is 0 Å². The molecule has 1 unspecified atom stereocenters. The lowest BCUT2D eigenvalue weighted by molar-refractivity contribution is -0.129. The highest BCUT2D eigenvalue weighted by Crippen LogP contribution is 2.26. The zero-order valence-corrected chi connectivity index (χ0v) is 13.1. The first-order valence-electron chi connectivity index (χ1n) is 6.36. The van der Waals surface area contributed by atoms with Gasteiger partial charge in [-0.05, 0) is 25.0 Å². The summed E-state index contributed by atoms with van der Waals surface area (Å²) in [4.78, 5) is 13.6. The van der Waals surface area contributed by atoms with Gasteiger partial charge in [0.05, 0.1) is 16.6 Å². The molecule has 1 aromatic rings. The number of likely N-dealkylation sites (N-methyl/N-ethyl adjacent to an activating group) is 1. The second-order valence-corrected chi connectivity index (χ2v) is 5.44. The third kappa shape index (κ3) is 5.01. The Labute approximate surface area is 124 Å². The Hall–Kier alpha value is -0.770. The molecular formula is C14H20Cl2N2O. The van der Waals surface area contributed by atoms with Crippen LogP contribution in [-0.2, 0) is 11.3 Å². The quantitative estimate of drug-likeness (QED) is 0.874. The zero-order valence-electron chi connectivity index (χ0n) is 11.5. The van der Waals surface area contributed by atoms with Crippen molar-refractivity contribution in [1.29, 1.82) is 0 Å². The summed E-state index contributed by atoms with van der Waals surface area (Å²) in [6, 6.07) is 5.78. The van der Waals surface area contributed by atoms with Gasteiger partial charge in [0.25, 0.3) is 0 Å². The third-order valence-corrected chi connectivity index (χ3v) is 3.94. The van der Waals surface area contributed by atoms with Gasteiger partial charge in [-0.2, -0.15) is 0 Å². The molecule has 0 aliphatic carbocycles. The number of amides is 1. The number of benzene rings is 1.